The Bertz CT molecular complexity index is 799. The van der Waals surface area contributed by atoms with E-state index in [1.807, 2.05) is 30.0 Å². The molecule has 29 heavy (non-hydrogen) atoms. The van der Waals surface area contributed by atoms with E-state index in [0.717, 1.165) is 36.6 Å². The molecule has 1 fully saturated rings. The molecule has 0 spiro atoms. The molecule has 5 heteroatoms. The van der Waals surface area contributed by atoms with E-state index < -0.39 is 0 Å². The van der Waals surface area contributed by atoms with Crippen LogP contribution in [0.1, 0.15) is 42.9 Å². The number of nitrogens with one attached hydrogen (secondary N) is 1. The normalized spacial score (nSPS) is 14.8. The maximum Gasteiger partial charge on any atom is 0.227 e. The molecule has 0 unspecified atom stereocenters. The van der Waals surface area contributed by atoms with E-state index in [4.69, 9.17) is 4.74 Å². The summed E-state index contributed by atoms with van der Waals surface area (Å²) in [6.45, 7) is 10.1. The molecular weight excluding hydrogens is 380 g/mol. The van der Waals surface area contributed by atoms with E-state index in [9.17, 15) is 4.79 Å². The van der Waals surface area contributed by atoms with Crippen molar-refractivity contribution in [2.75, 3.05) is 36.5 Å². The van der Waals surface area contributed by atoms with E-state index >= 15 is 0 Å². The molecule has 4 nitrogen and oxygen atoms in total. The standard InChI is InChI=1S/C24H32N2O2S/c1-18(2)21-5-7-22(8-6-21)28-13-10-24(27)25-23-9-4-20(16-19(23)3)17-26-11-14-29-15-12-26/h4-9,16,18H,10-15,17H2,1-3H3,(H,25,27). The number of thioether (sulfide) groups is 1. The lowest BCUT2D eigenvalue weighted by Crippen LogP contribution is -2.31. The number of benzene rings is 2. The summed E-state index contributed by atoms with van der Waals surface area (Å²) in [4.78, 5) is 14.8. The second kappa shape index (κ2) is 10.7. The Balaban J connectivity index is 1.44. The third-order valence-electron chi connectivity index (χ3n) is 5.22. The van der Waals surface area contributed by atoms with E-state index in [1.165, 1.54) is 22.6 Å². The first-order valence-corrected chi connectivity index (χ1v) is 11.6. The highest BCUT2D eigenvalue weighted by Gasteiger charge is 2.12. The van der Waals surface area contributed by atoms with Crippen LogP contribution in [0.3, 0.4) is 0 Å². The number of ether oxygens (including phenoxy) is 1. The minimum Gasteiger partial charge on any atom is -0.493 e. The molecule has 156 valence electrons. The highest BCUT2D eigenvalue weighted by atomic mass is 32.2. The average molecular weight is 413 g/mol. The van der Waals surface area contributed by atoms with Crippen LogP contribution < -0.4 is 10.1 Å². The molecule has 0 aliphatic carbocycles. The van der Waals surface area contributed by atoms with Gasteiger partial charge in [0.2, 0.25) is 5.91 Å². The van der Waals surface area contributed by atoms with Crippen molar-refractivity contribution >= 4 is 23.4 Å². The van der Waals surface area contributed by atoms with E-state index in [-0.39, 0.29) is 5.91 Å². The van der Waals surface area contributed by atoms with Crippen LogP contribution in [-0.2, 0) is 11.3 Å². The minimum atomic E-state index is -0.0206. The summed E-state index contributed by atoms with van der Waals surface area (Å²) < 4.78 is 5.71. The lowest BCUT2D eigenvalue weighted by molar-refractivity contribution is -0.116. The van der Waals surface area contributed by atoms with Crippen LogP contribution >= 0.6 is 11.8 Å². The number of amides is 1. The smallest absolute Gasteiger partial charge is 0.227 e. The van der Waals surface area contributed by atoms with Crippen LogP contribution in [0.15, 0.2) is 42.5 Å². The molecule has 0 atom stereocenters. The Kier molecular flexibility index (Phi) is 8.01. The number of hydrogen-bond donors (Lipinski definition) is 1. The van der Waals surface area contributed by atoms with Crippen molar-refractivity contribution in [3.05, 3.63) is 59.2 Å². The largest absolute Gasteiger partial charge is 0.493 e. The molecule has 1 amide bonds. The van der Waals surface area contributed by atoms with Crippen LogP contribution in [0.2, 0.25) is 0 Å². The zero-order valence-electron chi connectivity index (χ0n) is 17.7. The monoisotopic (exact) mass is 412 g/mol. The Hall–Kier alpha value is -1.98. The summed E-state index contributed by atoms with van der Waals surface area (Å²) in [5.74, 6) is 3.73. The van der Waals surface area contributed by atoms with Gasteiger partial charge in [-0.2, -0.15) is 11.8 Å². The minimum absolute atomic E-state index is 0.0206. The Labute approximate surface area is 179 Å². The molecule has 1 N–H and O–H groups in total. The van der Waals surface area contributed by atoms with E-state index in [0.29, 0.717) is 18.9 Å². The van der Waals surface area contributed by atoms with Gasteiger partial charge in [0.05, 0.1) is 13.0 Å². The van der Waals surface area contributed by atoms with Crippen LogP contribution in [0.5, 0.6) is 5.75 Å². The van der Waals surface area contributed by atoms with Gasteiger partial charge in [-0.1, -0.05) is 38.1 Å². The summed E-state index contributed by atoms with van der Waals surface area (Å²) in [7, 11) is 0. The first-order chi connectivity index (χ1) is 14.0. The lowest BCUT2D eigenvalue weighted by Gasteiger charge is -2.26. The fraction of sp³-hybridized carbons (Fsp3) is 0.458. The van der Waals surface area contributed by atoms with Gasteiger partial charge in [0.1, 0.15) is 5.75 Å². The highest BCUT2D eigenvalue weighted by molar-refractivity contribution is 7.99. The van der Waals surface area contributed by atoms with E-state index in [1.54, 1.807) is 0 Å². The van der Waals surface area contributed by atoms with Gasteiger partial charge in [-0.3, -0.25) is 9.69 Å². The molecule has 2 aromatic carbocycles. The van der Waals surface area contributed by atoms with Crippen LogP contribution in [0, 0.1) is 6.92 Å². The van der Waals surface area contributed by atoms with Crippen molar-refractivity contribution in [1.82, 2.24) is 4.90 Å². The fourth-order valence-electron chi connectivity index (χ4n) is 3.41. The zero-order valence-corrected chi connectivity index (χ0v) is 18.6. The molecule has 1 saturated heterocycles. The van der Waals surface area contributed by atoms with Gasteiger partial charge < -0.3 is 10.1 Å². The third-order valence-corrected chi connectivity index (χ3v) is 6.16. The molecule has 0 bridgehead atoms. The molecule has 0 saturated carbocycles. The number of aryl methyl sites for hydroxylation is 1. The number of anilines is 1. The van der Waals surface area contributed by atoms with Crippen LogP contribution in [-0.4, -0.2) is 42.0 Å². The van der Waals surface area contributed by atoms with Gasteiger partial charge in [-0.05, 0) is 47.7 Å². The highest BCUT2D eigenvalue weighted by Crippen LogP contribution is 2.20. The molecule has 1 heterocycles. The molecular formula is C24H32N2O2S. The predicted octanol–water partition coefficient (Wildman–Crippen LogP) is 5.07. The molecule has 1 aliphatic heterocycles. The third kappa shape index (κ3) is 6.79. The second-order valence-corrected chi connectivity index (χ2v) is 9.13. The van der Waals surface area contributed by atoms with Gasteiger partial charge in [0.15, 0.2) is 0 Å². The quantitative estimate of drug-likeness (QED) is 0.657. The lowest BCUT2D eigenvalue weighted by atomic mass is 10.0. The molecule has 0 radical (unpaired) electrons. The Morgan fingerprint density at radius 3 is 2.52 bits per heavy atom. The van der Waals surface area contributed by atoms with Crippen molar-refractivity contribution < 1.29 is 9.53 Å². The molecule has 2 aromatic rings. The van der Waals surface area contributed by atoms with Crippen LogP contribution in [0.4, 0.5) is 5.69 Å². The SMILES string of the molecule is Cc1cc(CN2CCSCC2)ccc1NC(=O)CCOc1ccc(C(C)C)cc1. The van der Waals surface area contributed by atoms with Crippen molar-refractivity contribution in [1.29, 1.82) is 0 Å². The summed E-state index contributed by atoms with van der Waals surface area (Å²) in [5.41, 5.74) is 4.58. The zero-order chi connectivity index (χ0) is 20.6. The first-order valence-electron chi connectivity index (χ1n) is 10.4. The van der Waals surface area contributed by atoms with E-state index in [2.05, 4.69) is 55.3 Å². The summed E-state index contributed by atoms with van der Waals surface area (Å²) in [6, 6.07) is 14.4. The van der Waals surface area contributed by atoms with Gasteiger partial charge >= 0.3 is 0 Å². The maximum absolute atomic E-state index is 12.3. The topological polar surface area (TPSA) is 41.6 Å². The van der Waals surface area contributed by atoms with Crippen molar-refractivity contribution in [3.63, 3.8) is 0 Å². The first kappa shape index (κ1) is 21.7. The number of carbonyl (C=O) groups is 1. The molecule has 3 rings (SSSR count). The Morgan fingerprint density at radius 1 is 1.14 bits per heavy atom. The fourth-order valence-corrected chi connectivity index (χ4v) is 4.38. The van der Waals surface area contributed by atoms with Gasteiger partial charge in [-0.15, -0.1) is 0 Å². The van der Waals surface area contributed by atoms with Crippen molar-refractivity contribution in [2.45, 2.75) is 39.7 Å². The van der Waals surface area contributed by atoms with Gasteiger partial charge in [-0.25, -0.2) is 0 Å². The van der Waals surface area contributed by atoms with Crippen LogP contribution in [0.25, 0.3) is 0 Å². The van der Waals surface area contributed by atoms with Crippen molar-refractivity contribution in [3.8, 4) is 5.75 Å². The maximum atomic E-state index is 12.3. The molecule has 0 aromatic heterocycles. The summed E-state index contributed by atoms with van der Waals surface area (Å²) in [6.07, 6.45) is 0.332. The van der Waals surface area contributed by atoms with Gasteiger partial charge in [0, 0.05) is 36.8 Å². The average Bonchev–Trinajstić information content (AvgIpc) is 2.71. The van der Waals surface area contributed by atoms with Gasteiger partial charge in [0.25, 0.3) is 0 Å². The second-order valence-electron chi connectivity index (χ2n) is 7.91. The number of rotatable bonds is 8. The Morgan fingerprint density at radius 2 is 1.86 bits per heavy atom. The predicted molar refractivity (Wildman–Crippen MR) is 123 cm³/mol. The number of nitrogens with zero attached hydrogens (tertiary/aromatic N) is 1. The summed E-state index contributed by atoms with van der Waals surface area (Å²) in [5, 5.41) is 3.02. The summed E-state index contributed by atoms with van der Waals surface area (Å²) >= 11 is 2.03. The molecule has 1 aliphatic rings. The number of hydrogen-bond acceptors (Lipinski definition) is 4. The number of carbonyl (C=O) groups excluding carboxylic acids is 1. The van der Waals surface area contributed by atoms with Crippen molar-refractivity contribution in [2.24, 2.45) is 0 Å².